The van der Waals surface area contributed by atoms with Gasteiger partial charge < -0.3 is 4.90 Å². The van der Waals surface area contributed by atoms with Crippen molar-refractivity contribution in [2.75, 3.05) is 7.05 Å². The highest BCUT2D eigenvalue weighted by molar-refractivity contribution is 5.82. The predicted octanol–water partition coefficient (Wildman–Crippen LogP) is 3.44. The molecule has 0 saturated heterocycles. The maximum absolute atomic E-state index is 11.6. The number of rotatable bonds is 1. The summed E-state index contributed by atoms with van der Waals surface area (Å²) in [6, 6.07) is 0. The van der Waals surface area contributed by atoms with Crippen molar-refractivity contribution in [1.82, 2.24) is 4.90 Å². The van der Waals surface area contributed by atoms with E-state index in [1.807, 2.05) is 61.6 Å². The molecule has 0 unspecified atom stereocenters. The molecule has 0 aliphatic carbocycles. The van der Waals surface area contributed by atoms with Crippen molar-refractivity contribution in [3.63, 3.8) is 0 Å². The Morgan fingerprint density at radius 1 is 1.21 bits per heavy atom. The third-order valence-electron chi connectivity index (χ3n) is 1.89. The van der Waals surface area contributed by atoms with Crippen molar-refractivity contribution in [1.29, 1.82) is 0 Å². The molecule has 0 aromatic rings. The molecule has 0 aliphatic heterocycles. The fourth-order valence-electron chi connectivity index (χ4n) is 0.857. The Labute approximate surface area is 89.0 Å². The van der Waals surface area contributed by atoms with E-state index in [4.69, 9.17) is 0 Å². The van der Waals surface area contributed by atoms with Crippen molar-refractivity contribution < 1.29 is 4.79 Å². The molecule has 2 heteroatoms. The zero-order chi connectivity index (χ0) is 11.9. The number of carbonyl (C=O) groups excluding carboxylic acids is 1. The van der Waals surface area contributed by atoms with Crippen LogP contribution in [0.25, 0.3) is 0 Å². The minimum atomic E-state index is -0.293. The molecule has 0 bridgehead atoms. The van der Waals surface area contributed by atoms with E-state index in [0.717, 1.165) is 5.70 Å². The summed E-state index contributed by atoms with van der Waals surface area (Å²) in [5.74, 6) is 0.151. The quantitative estimate of drug-likeness (QED) is 0.633. The molecular weight excluding hydrogens is 174 g/mol. The highest BCUT2D eigenvalue weighted by atomic mass is 16.2. The maximum Gasteiger partial charge on any atom is 0.231 e. The fourth-order valence-corrected chi connectivity index (χ4v) is 0.857. The first-order valence-electron chi connectivity index (χ1n) is 5.21. The SMILES string of the molecule is C/C=C(\C)N(C)C(=O)C(C)(C)C.CC. The normalized spacial score (nSPS) is 11.6. The standard InChI is InChI=1S/C10H19NO.C2H6/c1-7-8(2)11(6)9(12)10(3,4)5;1-2/h7H,1-6H3;1-2H3/b8-7+;. The summed E-state index contributed by atoms with van der Waals surface area (Å²) in [7, 11) is 1.81. The molecular formula is C12H25NO. The second-order valence-electron chi connectivity index (χ2n) is 4.04. The Morgan fingerprint density at radius 3 is 1.79 bits per heavy atom. The summed E-state index contributed by atoms with van der Waals surface area (Å²) >= 11 is 0. The van der Waals surface area contributed by atoms with E-state index < -0.39 is 0 Å². The second kappa shape index (κ2) is 6.63. The van der Waals surface area contributed by atoms with Gasteiger partial charge in [0, 0.05) is 18.2 Å². The van der Waals surface area contributed by atoms with E-state index in [0.29, 0.717) is 0 Å². The average molecular weight is 199 g/mol. The number of hydrogen-bond donors (Lipinski definition) is 0. The third kappa shape index (κ3) is 5.05. The van der Waals surface area contributed by atoms with Gasteiger partial charge in [0.15, 0.2) is 0 Å². The summed E-state index contributed by atoms with van der Waals surface area (Å²) < 4.78 is 0. The summed E-state index contributed by atoms with van der Waals surface area (Å²) in [5.41, 5.74) is 0.703. The van der Waals surface area contributed by atoms with Crippen LogP contribution in [0.2, 0.25) is 0 Å². The number of nitrogens with zero attached hydrogens (tertiary/aromatic N) is 1. The van der Waals surface area contributed by atoms with Crippen molar-refractivity contribution in [2.24, 2.45) is 5.41 Å². The molecule has 0 aliphatic rings. The Balaban J connectivity index is 0. The lowest BCUT2D eigenvalue weighted by Gasteiger charge is -2.26. The van der Waals surface area contributed by atoms with Crippen LogP contribution in [0.5, 0.6) is 0 Å². The Kier molecular flexibility index (Phi) is 7.42. The predicted molar refractivity (Wildman–Crippen MR) is 63.0 cm³/mol. The minimum absolute atomic E-state index is 0.151. The summed E-state index contributed by atoms with van der Waals surface area (Å²) in [6.07, 6.45) is 1.93. The van der Waals surface area contributed by atoms with Crippen molar-refractivity contribution in [2.45, 2.75) is 48.5 Å². The zero-order valence-electron chi connectivity index (χ0n) is 10.9. The molecule has 14 heavy (non-hydrogen) atoms. The van der Waals surface area contributed by atoms with Gasteiger partial charge in [0.1, 0.15) is 0 Å². The molecule has 0 fully saturated rings. The van der Waals surface area contributed by atoms with E-state index in [1.165, 1.54) is 0 Å². The van der Waals surface area contributed by atoms with Gasteiger partial charge in [-0.15, -0.1) is 0 Å². The van der Waals surface area contributed by atoms with Crippen LogP contribution >= 0.6 is 0 Å². The van der Waals surface area contributed by atoms with Gasteiger partial charge >= 0.3 is 0 Å². The van der Waals surface area contributed by atoms with Gasteiger partial charge in [0.05, 0.1) is 0 Å². The van der Waals surface area contributed by atoms with Crippen LogP contribution in [-0.2, 0) is 4.79 Å². The Bertz CT molecular complexity index is 199. The summed E-state index contributed by atoms with van der Waals surface area (Å²) in [5, 5.41) is 0. The summed E-state index contributed by atoms with van der Waals surface area (Å²) in [4.78, 5) is 13.3. The van der Waals surface area contributed by atoms with Crippen LogP contribution in [0.15, 0.2) is 11.8 Å². The highest BCUT2D eigenvalue weighted by Gasteiger charge is 2.25. The van der Waals surface area contributed by atoms with Crippen LogP contribution in [0, 0.1) is 5.41 Å². The molecule has 0 aromatic carbocycles. The number of hydrogen-bond acceptors (Lipinski definition) is 1. The first-order valence-corrected chi connectivity index (χ1v) is 5.21. The van der Waals surface area contributed by atoms with Crippen molar-refractivity contribution in [3.8, 4) is 0 Å². The van der Waals surface area contributed by atoms with Gasteiger partial charge in [0.2, 0.25) is 5.91 Å². The van der Waals surface area contributed by atoms with Gasteiger partial charge in [-0.25, -0.2) is 0 Å². The number of carbonyl (C=O) groups is 1. The van der Waals surface area contributed by atoms with Gasteiger partial charge in [-0.3, -0.25) is 4.79 Å². The number of amides is 1. The van der Waals surface area contributed by atoms with Crippen LogP contribution in [0.3, 0.4) is 0 Å². The minimum Gasteiger partial charge on any atom is -0.319 e. The average Bonchev–Trinajstić information content (AvgIpc) is 2.16. The molecule has 0 saturated carbocycles. The first-order chi connectivity index (χ1) is 6.30. The highest BCUT2D eigenvalue weighted by Crippen LogP contribution is 2.18. The molecule has 84 valence electrons. The van der Waals surface area contributed by atoms with Crippen LogP contribution in [0.1, 0.15) is 48.5 Å². The molecule has 1 amide bonds. The molecule has 0 atom stereocenters. The third-order valence-corrected chi connectivity index (χ3v) is 1.89. The van der Waals surface area contributed by atoms with E-state index in [2.05, 4.69) is 0 Å². The molecule has 0 rings (SSSR count). The maximum atomic E-state index is 11.6. The molecule has 0 heterocycles. The molecule has 0 radical (unpaired) electrons. The van der Waals surface area contributed by atoms with Gasteiger partial charge in [-0.1, -0.05) is 40.7 Å². The lowest BCUT2D eigenvalue weighted by atomic mass is 9.95. The van der Waals surface area contributed by atoms with E-state index in [9.17, 15) is 4.79 Å². The molecule has 2 nitrogen and oxygen atoms in total. The van der Waals surface area contributed by atoms with Crippen LogP contribution < -0.4 is 0 Å². The van der Waals surface area contributed by atoms with Crippen molar-refractivity contribution in [3.05, 3.63) is 11.8 Å². The van der Waals surface area contributed by atoms with Gasteiger partial charge in [-0.05, 0) is 13.8 Å². The zero-order valence-corrected chi connectivity index (χ0v) is 10.9. The van der Waals surface area contributed by atoms with Crippen LogP contribution in [-0.4, -0.2) is 17.9 Å². The Morgan fingerprint density at radius 2 is 1.57 bits per heavy atom. The van der Waals surface area contributed by atoms with E-state index >= 15 is 0 Å². The number of allylic oxidation sites excluding steroid dienone is 2. The van der Waals surface area contributed by atoms with Gasteiger partial charge in [-0.2, -0.15) is 0 Å². The summed E-state index contributed by atoms with van der Waals surface area (Å²) in [6.45, 7) is 13.6. The van der Waals surface area contributed by atoms with Gasteiger partial charge in [0.25, 0.3) is 0 Å². The molecule has 0 N–H and O–H groups in total. The van der Waals surface area contributed by atoms with E-state index in [-0.39, 0.29) is 11.3 Å². The Hall–Kier alpha value is -0.790. The molecule has 0 spiro atoms. The van der Waals surface area contributed by atoms with Crippen molar-refractivity contribution >= 4 is 5.91 Å². The molecule has 0 aromatic heterocycles. The fraction of sp³-hybridized carbons (Fsp3) is 0.750. The van der Waals surface area contributed by atoms with E-state index in [1.54, 1.807) is 4.90 Å². The largest absolute Gasteiger partial charge is 0.319 e. The first kappa shape index (κ1) is 15.7. The topological polar surface area (TPSA) is 20.3 Å². The van der Waals surface area contributed by atoms with Crippen LogP contribution in [0.4, 0.5) is 0 Å². The smallest absolute Gasteiger partial charge is 0.231 e. The monoisotopic (exact) mass is 199 g/mol. The second-order valence-corrected chi connectivity index (χ2v) is 4.04. The lowest BCUT2D eigenvalue weighted by Crippen LogP contribution is -2.35. The lowest BCUT2D eigenvalue weighted by molar-refractivity contribution is -0.136.